The number of methoxy groups -OCH3 is 2. The number of thiophene rings is 1. The maximum atomic E-state index is 13.8. The monoisotopic (exact) mass is 743 g/mol. The van der Waals surface area contributed by atoms with Gasteiger partial charge in [0.05, 0.1) is 62.0 Å². The molecule has 0 aliphatic carbocycles. The van der Waals surface area contributed by atoms with E-state index in [0.717, 1.165) is 27.3 Å². The molecular formula is C42H41N5O6S. The summed E-state index contributed by atoms with van der Waals surface area (Å²) in [7, 11) is 3.11. The standard InChI is InChI=1S/C42H41N5O6S/c1-25(2)45-29-10-8-26(9-11-29)27-15-30-21-43-34-19-38(36(50-3)17-32(34)41(48)46(30)23-27)52-12-6-13-53-39-20-35-33(18-37(39)51-4)42(49)47-24-28(16-31(47)22-44-35)40-7-5-14-54-40/h5,7-11,14,17-25,30-31,45H,6,12-13,15-16H2,1-4H3/t30-,31-/m0/s1. The molecule has 2 atom stereocenters. The number of nitrogens with one attached hydrogen (secondary N) is 1. The van der Waals surface area contributed by atoms with Crippen LogP contribution in [0, 0.1) is 0 Å². The topological polar surface area (TPSA) is 114 Å². The largest absolute Gasteiger partial charge is 0.493 e. The van der Waals surface area contributed by atoms with Crippen LogP contribution >= 0.6 is 11.3 Å². The van der Waals surface area contributed by atoms with Gasteiger partial charge in [-0.05, 0) is 66.3 Å². The first-order chi connectivity index (χ1) is 26.3. The third-order valence-corrected chi connectivity index (χ3v) is 10.7. The Labute approximate surface area is 318 Å². The van der Waals surface area contributed by atoms with Crippen molar-refractivity contribution in [2.24, 2.45) is 9.98 Å². The number of nitrogens with zero attached hydrogens (tertiary/aromatic N) is 4. The summed E-state index contributed by atoms with van der Waals surface area (Å²) >= 11 is 1.66. The Morgan fingerprint density at radius 1 is 0.759 bits per heavy atom. The number of benzene rings is 3. The molecule has 54 heavy (non-hydrogen) atoms. The smallest absolute Gasteiger partial charge is 0.260 e. The summed E-state index contributed by atoms with van der Waals surface area (Å²) in [4.78, 5) is 41.5. The zero-order valence-corrected chi connectivity index (χ0v) is 31.4. The molecule has 4 aromatic rings. The van der Waals surface area contributed by atoms with Gasteiger partial charge in [-0.2, -0.15) is 0 Å². The number of carbonyl (C=O) groups is 2. The van der Waals surface area contributed by atoms with Gasteiger partial charge in [0.1, 0.15) is 0 Å². The predicted molar refractivity (Wildman–Crippen MR) is 213 cm³/mol. The third kappa shape index (κ3) is 6.84. The SMILES string of the molecule is COc1cc2c(cc1OCCCOc1cc3c(cc1OC)C(=O)N1C=C(c4cccs4)C[C@H]1C=N3)N=C[C@@H]1CC(c3ccc(NC(C)C)cc3)=CN1C2=O. The van der Waals surface area contributed by atoms with Crippen LogP contribution in [0.25, 0.3) is 11.1 Å². The van der Waals surface area contributed by atoms with E-state index in [-0.39, 0.29) is 23.9 Å². The minimum atomic E-state index is -0.187. The van der Waals surface area contributed by atoms with Gasteiger partial charge in [-0.1, -0.05) is 18.2 Å². The molecule has 0 unspecified atom stereocenters. The van der Waals surface area contributed by atoms with Gasteiger partial charge in [-0.3, -0.25) is 19.6 Å². The Hall–Kier alpha value is -5.88. The number of fused-ring (bicyclic) bond motifs is 4. The highest BCUT2D eigenvalue weighted by Gasteiger charge is 2.35. The molecular weight excluding hydrogens is 703 g/mol. The Kier molecular flexibility index (Phi) is 9.68. The van der Waals surface area contributed by atoms with Crippen molar-refractivity contribution < 1.29 is 28.5 Å². The zero-order chi connectivity index (χ0) is 37.3. The second-order valence-electron chi connectivity index (χ2n) is 13.8. The lowest BCUT2D eigenvalue weighted by molar-refractivity contribution is 0.0809. The first kappa shape index (κ1) is 35.2. The summed E-state index contributed by atoms with van der Waals surface area (Å²) in [5, 5.41) is 5.45. The second kappa shape index (κ2) is 14.9. The molecule has 0 bridgehead atoms. The van der Waals surface area contributed by atoms with E-state index in [1.165, 1.54) is 0 Å². The van der Waals surface area contributed by atoms with Gasteiger partial charge in [0, 0.05) is 72.8 Å². The Balaban J connectivity index is 0.904. The number of aliphatic imine (C=N–C) groups is 2. The van der Waals surface area contributed by atoms with Crippen LogP contribution in [-0.4, -0.2) is 79.6 Å². The molecule has 11 nitrogen and oxygen atoms in total. The molecule has 5 heterocycles. The fourth-order valence-corrected chi connectivity index (χ4v) is 7.86. The zero-order valence-electron chi connectivity index (χ0n) is 30.6. The highest BCUT2D eigenvalue weighted by Crippen LogP contribution is 2.42. The molecule has 0 saturated carbocycles. The summed E-state index contributed by atoms with van der Waals surface area (Å²) in [5.74, 6) is 1.61. The highest BCUT2D eigenvalue weighted by atomic mass is 32.1. The maximum Gasteiger partial charge on any atom is 0.260 e. The first-order valence-corrected chi connectivity index (χ1v) is 18.9. The van der Waals surface area contributed by atoms with Crippen LogP contribution in [0.4, 0.5) is 17.1 Å². The van der Waals surface area contributed by atoms with Crippen molar-refractivity contribution in [1.29, 1.82) is 0 Å². The first-order valence-electron chi connectivity index (χ1n) is 18.0. The fourth-order valence-electron chi connectivity index (χ4n) is 7.11. The number of rotatable bonds is 12. The second-order valence-corrected chi connectivity index (χ2v) is 14.7. The van der Waals surface area contributed by atoms with Gasteiger partial charge in [0.15, 0.2) is 23.0 Å². The van der Waals surface area contributed by atoms with Crippen molar-refractivity contribution in [1.82, 2.24) is 9.80 Å². The molecule has 0 saturated heterocycles. The lowest BCUT2D eigenvalue weighted by Crippen LogP contribution is -2.32. The fraction of sp³-hybridized carbons (Fsp3) is 0.286. The van der Waals surface area contributed by atoms with Gasteiger partial charge in [0.2, 0.25) is 0 Å². The van der Waals surface area contributed by atoms with Gasteiger partial charge >= 0.3 is 0 Å². The molecule has 12 heteroatoms. The number of ether oxygens (including phenoxy) is 4. The predicted octanol–water partition coefficient (Wildman–Crippen LogP) is 8.38. The summed E-state index contributed by atoms with van der Waals surface area (Å²) in [6.45, 7) is 4.85. The van der Waals surface area contributed by atoms with E-state index < -0.39 is 0 Å². The minimum absolute atomic E-state index is 0.125. The van der Waals surface area contributed by atoms with Crippen molar-refractivity contribution >= 4 is 63.8 Å². The number of carbonyl (C=O) groups excluding carboxylic acids is 2. The molecule has 4 aliphatic rings. The molecule has 276 valence electrons. The van der Waals surface area contributed by atoms with Crippen molar-refractivity contribution in [2.45, 2.75) is 51.2 Å². The number of hydrogen-bond acceptors (Lipinski definition) is 10. The number of hydrogen-bond donors (Lipinski definition) is 1. The quantitative estimate of drug-likeness (QED) is 0.145. The number of anilines is 1. The molecule has 4 aliphatic heterocycles. The van der Waals surface area contributed by atoms with Crippen LogP contribution in [0.1, 0.15) is 64.3 Å². The molecule has 0 spiro atoms. The van der Waals surface area contributed by atoms with E-state index >= 15 is 0 Å². The van der Waals surface area contributed by atoms with Crippen LogP contribution in [0.15, 0.2) is 88.4 Å². The van der Waals surface area contributed by atoms with Crippen LogP contribution in [0.2, 0.25) is 0 Å². The van der Waals surface area contributed by atoms with E-state index in [0.29, 0.717) is 84.0 Å². The molecule has 8 rings (SSSR count). The highest BCUT2D eigenvalue weighted by molar-refractivity contribution is 7.11. The summed E-state index contributed by atoms with van der Waals surface area (Å²) in [5.41, 5.74) is 6.33. The van der Waals surface area contributed by atoms with Gasteiger partial charge in [-0.25, -0.2) is 0 Å². The molecule has 0 fully saturated rings. The molecule has 2 amide bonds. The molecule has 1 N–H and O–H groups in total. The van der Waals surface area contributed by atoms with Crippen molar-refractivity contribution in [3.63, 3.8) is 0 Å². The summed E-state index contributed by atoms with van der Waals surface area (Å²) in [6.07, 6.45) is 9.45. The van der Waals surface area contributed by atoms with Crippen LogP contribution in [0.5, 0.6) is 23.0 Å². The van der Waals surface area contributed by atoms with E-state index in [2.05, 4.69) is 49.5 Å². The van der Waals surface area contributed by atoms with Crippen LogP contribution < -0.4 is 24.3 Å². The van der Waals surface area contributed by atoms with Gasteiger partial charge < -0.3 is 34.1 Å². The molecule has 3 aromatic carbocycles. The Morgan fingerprint density at radius 3 is 1.83 bits per heavy atom. The van der Waals surface area contributed by atoms with Crippen LogP contribution in [0.3, 0.4) is 0 Å². The average molecular weight is 744 g/mol. The summed E-state index contributed by atoms with van der Waals surface area (Å²) in [6, 6.07) is 19.3. The van der Waals surface area contributed by atoms with Crippen molar-refractivity contribution in [3.05, 3.63) is 100 Å². The van der Waals surface area contributed by atoms with E-state index in [4.69, 9.17) is 28.9 Å². The van der Waals surface area contributed by atoms with Crippen molar-refractivity contribution in [2.75, 3.05) is 32.8 Å². The Bertz CT molecular complexity index is 2210. The number of amides is 2. The summed E-state index contributed by atoms with van der Waals surface area (Å²) < 4.78 is 23.5. The normalized spacial score (nSPS) is 18.3. The van der Waals surface area contributed by atoms with Crippen LogP contribution in [-0.2, 0) is 0 Å². The maximum absolute atomic E-state index is 13.8. The third-order valence-electron chi connectivity index (χ3n) is 9.78. The molecule has 1 aromatic heterocycles. The van der Waals surface area contributed by atoms with Gasteiger partial charge in [0.25, 0.3) is 11.8 Å². The average Bonchev–Trinajstić information content (AvgIpc) is 3.93. The molecule has 0 radical (unpaired) electrons. The van der Waals surface area contributed by atoms with E-state index in [1.807, 2.05) is 36.3 Å². The lowest BCUT2D eigenvalue weighted by atomic mass is 10.0. The van der Waals surface area contributed by atoms with E-state index in [1.54, 1.807) is 59.6 Å². The van der Waals surface area contributed by atoms with Gasteiger partial charge in [-0.15, -0.1) is 11.3 Å². The van der Waals surface area contributed by atoms with Crippen molar-refractivity contribution in [3.8, 4) is 23.0 Å². The van der Waals surface area contributed by atoms with E-state index in [9.17, 15) is 9.59 Å². The Morgan fingerprint density at radius 2 is 1.31 bits per heavy atom. The minimum Gasteiger partial charge on any atom is -0.493 e. The lowest BCUT2D eigenvalue weighted by Gasteiger charge is -2.19.